The van der Waals surface area contributed by atoms with E-state index in [1.165, 1.54) is 25.3 Å². The predicted molar refractivity (Wildman–Crippen MR) is 59.9 cm³/mol. The van der Waals surface area contributed by atoms with E-state index in [9.17, 15) is 9.59 Å². The molecule has 0 atom stereocenters. The van der Waals surface area contributed by atoms with Crippen molar-refractivity contribution in [3.63, 3.8) is 0 Å². The van der Waals surface area contributed by atoms with Crippen LogP contribution in [0.1, 0.15) is 16.8 Å². The zero-order chi connectivity index (χ0) is 12.8. The molecule has 92 valence electrons. The van der Waals surface area contributed by atoms with Crippen molar-refractivity contribution in [3.05, 3.63) is 23.8 Å². The van der Waals surface area contributed by atoms with Gasteiger partial charge in [0.2, 0.25) is 0 Å². The van der Waals surface area contributed by atoms with Gasteiger partial charge in [0.1, 0.15) is 12.4 Å². The highest BCUT2D eigenvalue weighted by atomic mass is 16.5. The number of hydrogen-bond donors (Lipinski definition) is 2. The van der Waals surface area contributed by atoms with Crippen LogP contribution in [0.5, 0.6) is 5.75 Å². The van der Waals surface area contributed by atoms with Gasteiger partial charge in [-0.3, -0.25) is 4.79 Å². The Kier molecular flexibility index (Phi) is 4.33. The fourth-order valence-corrected chi connectivity index (χ4v) is 1.15. The molecule has 1 rings (SSSR count). The van der Waals surface area contributed by atoms with E-state index in [1.54, 1.807) is 0 Å². The molecule has 0 unspecified atom stereocenters. The normalized spacial score (nSPS) is 9.71. The van der Waals surface area contributed by atoms with Gasteiger partial charge in [-0.15, -0.1) is 0 Å². The minimum Gasteiger partial charge on any atom is -0.495 e. The number of nitrogen functional groups attached to an aromatic ring is 1. The molecule has 0 saturated heterocycles. The van der Waals surface area contributed by atoms with Crippen LogP contribution >= 0.6 is 0 Å². The van der Waals surface area contributed by atoms with E-state index in [0.29, 0.717) is 11.4 Å². The summed E-state index contributed by atoms with van der Waals surface area (Å²) < 4.78 is 9.71. The maximum absolute atomic E-state index is 11.5. The molecule has 0 aliphatic heterocycles. The number of rotatable bonds is 5. The van der Waals surface area contributed by atoms with Crippen molar-refractivity contribution >= 4 is 17.6 Å². The van der Waals surface area contributed by atoms with Gasteiger partial charge in [-0.2, -0.15) is 0 Å². The summed E-state index contributed by atoms with van der Waals surface area (Å²) in [6, 6.07) is 4.45. The van der Waals surface area contributed by atoms with Crippen molar-refractivity contribution in [1.82, 2.24) is 0 Å². The molecule has 0 bridgehead atoms. The van der Waals surface area contributed by atoms with E-state index in [0.717, 1.165) is 0 Å². The van der Waals surface area contributed by atoms with E-state index in [-0.39, 0.29) is 18.6 Å². The summed E-state index contributed by atoms with van der Waals surface area (Å²) in [7, 11) is 1.44. The lowest BCUT2D eigenvalue weighted by Gasteiger charge is -2.07. The summed E-state index contributed by atoms with van der Waals surface area (Å²) in [6.45, 7) is -0.166. The van der Waals surface area contributed by atoms with Crippen LogP contribution in [0.15, 0.2) is 18.2 Å². The standard InChI is InChI=1S/C11H13NO5/c1-16-9-6-7(2-3-8(9)12)11(15)17-5-4-10(13)14/h2-3,6H,4-5,12H2,1H3,(H,13,14). The minimum atomic E-state index is -1.02. The fraction of sp³-hybridized carbons (Fsp3) is 0.273. The molecule has 0 fully saturated rings. The van der Waals surface area contributed by atoms with Gasteiger partial charge in [0.15, 0.2) is 0 Å². The van der Waals surface area contributed by atoms with Gasteiger partial charge in [0, 0.05) is 0 Å². The fourth-order valence-electron chi connectivity index (χ4n) is 1.15. The molecule has 0 aliphatic rings. The zero-order valence-electron chi connectivity index (χ0n) is 9.30. The molecule has 0 aromatic heterocycles. The second-order valence-electron chi connectivity index (χ2n) is 3.24. The molecular formula is C11H13NO5. The number of aliphatic carboxylic acids is 1. The van der Waals surface area contributed by atoms with Crippen LogP contribution in [0.4, 0.5) is 5.69 Å². The van der Waals surface area contributed by atoms with E-state index in [1.807, 2.05) is 0 Å². The van der Waals surface area contributed by atoms with Crippen molar-refractivity contribution < 1.29 is 24.2 Å². The maximum Gasteiger partial charge on any atom is 0.338 e. The Balaban J connectivity index is 2.66. The first kappa shape index (κ1) is 12.8. The van der Waals surface area contributed by atoms with E-state index >= 15 is 0 Å². The number of anilines is 1. The monoisotopic (exact) mass is 239 g/mol. The molecule has 1 aromatic carbocycles. The van der Waals surface area contributed by atoms with Crippen LogP contribution in [0.25, 0.3) is 0 Å². The van der Waals surface area contributed by atoms with Crippen LogP contribution in [0, 0.1) is 0 Å². The molecule has 0 radical (unpaired) electrons. The number of benzene rings is 1. The van der Waals surface area contributed by atoms with E-state index in [4.69, 9.17) is 20.3 Å². The van der Waals surface area contributed by atoms with Crippen LogP contribution < -0.4 is 10.5 Å². The number of carbonyl (C=O) groups is 2. The predicted octanol–water partition coefficient (Wildman–Crippen LogP) is 0.909. The lowest BCUT2D eigenvalue weighted by atomic mass is 10.2. The molecule has 0 heterocycles. The highest BCUT2D eigenvalue weighted by Gasteiger charge is 2.10. The highest BCUT2D eigenvalue weighted by molar-refractivity contribution is 5.90. The molecule has 6 heteroatoms. The Morgan fingerprint density at radius 3 is 2.71 bits per heavy atom. The summed E-state index contributed by atoms with van der Waals surface area (Å²) >= 11 is 0. The van der Waals surface area contributed by atoms with Crippen LogP contribution in [-0.2, 0) is 9.53 Å². The summed E-state index contributed by atoms with van der Waals surface area (Å²) in [6.07, 6.45) is -0.224. The van der Waals surface area contributed by atoms with Crippen LogP contribution in [-0.4, -0.2) is 30.8 Å². The summed E-state index contributed by atoms with van der Waals surface area (Å²) in [5.74, 6) is -1.25. The van der Waals surface area contributed by atoms with Gasteiger partial charge >= 0.3 is 11.9 Å². The number of ether oxygens (including phenoxy) is 2. The number of methoxy groups -OCH3 is 1. The molecule has 17 heavy (non-hydrogen) atoms. The Hall–Kier alpha value is -2.24. The van der Waals surface area contributed by atoms with Crippen molar-refractivity contribution in [1.29, 1.82) is 0 Å². The Labute approximate surface area is 97.9 Å². The molecule has 0 aliphatic carbocycles. The Bertz CT molecular complexity index is 430. The van der Waals surface area contributed by atoms with E-state index < -0.39 is 11.9 Å². The van der Waals surface area contributed by atoms with Crippen molar-refractivity contribution in [2.75, 3.05) is 19.5 Å². The van der Waals surface area contributed by atoms with Gasteiger partial charge in [0.05, 0.1) is 24.8 Å². The van der Waals surface area contributed by atoms with Crippen molar-refractivity contribution in [2.45, 2.75) is 6.42 Å². The van der Waals surface area contributed by atoms with Gasteiger partial charge < -0.3 is 20.3 Å². The topological polar surface area (TPSA) is 98.8 Å². The molecule has 0 saturated carbocycles. The highest BCUT2D eigenvalue weighted by Crippen LogP contribution is 2.22. The third-order valence-corrected chi connectivity index (χ3v) is 2.02. The zero-order valence-corrected chi connectivity index (χ0v) is 9.30. The summed E-state index contributed by atoms with van der Waals surface area (Å²) in [4.78, 5) is 21.7. The number of esters is 1. The molecule has 6 nitrogen and oxygen atoms in total. The van der Waals surface area contributed by atoms with Gasteiger partial charge in [-0.25, -0.2) is 4.79 Å². The summed E-state index contributed by atoms with van der Waals surface area (Å²) in [5.41, 5.74) is 6.26. The lowest BCUT2D eigenvalue weighted by molar-refractivity contribution is -0.137. The molecular weight excluding hydrogens is 226 g/mol. The van der Waals surface area contributed by atoms with E-state index in [2.05, 4.69) is 0 Å². The third kappa shape index (κ3) is 3.67. The largest absolute Gasteiger partial charge is 0.495 e. The molecule has 1 aromatic rings. The lowest BCUT2D eigenvalue weighted by Crippen LogP contribution is -2.10. The first-order chi connectivity index (χ1) is 8.04. The van der Waals surface area contributed by atoms with Crippen molar-refractivity contribution in [2.24, 2.45) is 0 Å². The van der Waals surface area contributed by atoms with Gasteiger partial charge in [-0.05, 0) is 18.2 Å². The average Bonchev–Trinajstić information content (AvgIpc) is 2.29. The number of carboxylic acids is 1. The quantitative estimate of drug-likeness (QED) is 0.585. The molecule has 0 spiro atoms. The van der Waals surface area contributed by atoms with Gasteiger partial charge in [0.25, 0.3) is 0 Å². The second kappa shape index (κ2) is 5.74. The average molecular weight is 239 g/mol. The van der Waals surface area contributed by atoms with Crippen molar-refractivity contribution in [3.8, 4) is 5.75 Å². The number of carboxylic acid groups (broad SMARTS) is 1. The number of carbonyl (C=O) groups excluding carboxylic acids is 1. The number of nitrogens with two attached hydrogens (primary N) is 1. The van der Waals surface area contributed by atoms with Gasteiger partial charge in [-0.1, -0.05) is 0 Å². The first-order valence-corrected chi connectivity index (χ1v) is 4.87. The Morgan fingerprint density at radius 2 is 2.12 bits per heavy atom. The molecule has 3 N–H and O–H groups in total. The smallest absolute Gasteiger partial charge is 0.338 e. The maximum atomic E-state index is 11.5. The Morgan fingerprint density at radius 1 is 1.41 bits per heavy atom. The molecule has 0 amide bonds. The van der Waals surface area contributed by atoms with Crippen LogP contribution in [0.2, 0.25) is 0 Å². The third-order valence-electron chi connectivity index (χ3n) is 2.02. The second-order valence-corrected chi connectivity index (χ2v) is 3.24. The first-order valence-electron chi connectivity index (χ1n) is 4.87. The SMILES string of the molecule is COc1cc(C(=O)OCCC(=O)O)ccc1N. The number of hydrogen-bond acceptors (Lipinski definition) is 5. The minimum absolute atomic E-state index is 0.166. The summed E-state index contributed by atoms with van der Waals surface area (Å²) in [5, 5.41) is 8.39. The van der Waals surface area contributed by atoms with Crippen LogP contribution in [0.3, 0.4) is 0 Å².